The summed E-state index contributed by atoms with van der Waals surface area (Å²) in [5, 5.41) is 1.36. The van der Waals surface area contributed by atoms with Crippen LogP contribution in [-0.4, -0.2) is 6.71 Å². The van der Waals surface area contributed by atoms with Gasteiger partial charge in [-0.2, -0.15) is 0 Å². The van der Waals surface area contributed by atoms with Crippen molar-refractivity contribution in [1.29, 1.82) is 0 Å². The van der Waals surface area contributed by atoms with Gasteiger partial charge in [0.05, 0.1) is 5.41 Å². The number of thiophene rings is 1. The Morgan fingerprint density at radius 2 is 0.859 bits per heavy atom. The van der Waals surface area contributed by atoms with E-state index in [0.29, 0.717) is 0 Å². The fourth-order valence-corrected chi connectivity index (χ4v) is 14.0. The molecule has 0 saturated heterocycles. The highest BCUT2D eigenvalue weighted by molar-refractivity contribution is 7.22. The normalized spacial score (nSPS) is 15.1. The molecule has 13 rings (SSSR count). The third-order valence-electron chi connectivity index (χ3n) is 16.5. The van der Waals surface area contributed by atoms with Gasteiger partial charge in [-0.05, 0) is 159 Å². The first-order valence-corrected chi connectivity index (χ1v) is 26.6. The molecule has 4 aliphatic rings. The van der Waals surface area contributed by atoms with Crippen molar-refractivity contribution >= 4 is 78.6 Å². The largest absolute Gasteiger partial charge is 0.311 e. The maximum Gasteiger partial charge on any atom is 0.252 e. The summed E-state index contributed by atoms with van der Waals surface area (Å²) >= 11 is 1.97. The molecule has 8 aromatic carbocycles. The predicted molar refractivity (Wildman–Crippen MR) is 307 cm³/mol. The molecule has 0 N–H and O–H groups in total. The lowest BCUT2D eigenvalue weighted by atomic mass is 9.33. The van der Waals surface area contributed by atoms with Crippen LogP contribution < -0.4 is 26.2 Å². The molecule has 0 atom stereocenters. The summed E-state index contributed by atoms with van der Waals surface area (Å²) in [6.07, 6.45) is 0. The minimum absolute atomic E-state index is 0.0218. The van der Waals surface area contributed by atoms with Crippen molar-refractivity contribution in [2.75, 3.05) is 9.80 Å². The molecule has 0 bridgehead atoms. The second-order valence-electron chi connectivity index (χ2n) is 25.0. The fourth-order valence-electron chi connectivity index (χ4n) is 12.7. The molecule has 2 nitrogen and oxygen atoms in total. The van der Waals surface area contributed by atoms with E-state index in [1.165, 1.54) is 127 Å². The van der Waals surface area contributed by atoms with Gasteiger partial charge in [0.2, 0.25) is 0 Å². The highest BCUT2D eigenvalue weighted by Crippen LogP contribution is 2.66. The van der Waals surface area contributed by atoms with Crippen LogP contribution in [0.15, 0.2) is 164 Å². The van der Waals surface area contributed by atoms with E-state index >= 15 is 0 Å². The van der Waals surface area contributed by atoms with Gasteiger partial charge in [0, 0.05) is 43.7 Å². The molecule has 0 unspecified atom stereocenters. The average molecular weight is 939 g/mol. The topological polar surface area (TPSA) is 6.48 Å². The third kappa shape index (κ3) is 6.26. The summed E-state index contributed by atoms with van der Waals surface area (Å²) in [5.41, 5.74) is 25.8. The first-order chi connectivity index (χ1) is 33.7. The van der Waals surface area contributed by atoms with Crippen LogP contribution in [0.5, 0.6) is 0 Å². The second-order valence-corrected chi connectivity index (χ2v) is 26.1. The van der Waals surface area contributed by atoms with Crippen LogP contribution in [0.4, 0.5) is 34.1 Å². The zero-order chi connectivity index (χ0) is 49.3. The molecule has 2 aliphatic carbocycles. The molecular weight excluding hydrogens is 876 g/mol. The minimum atomic E-state index is -0.487. The minimum Gasteiger partial charge on any atom is -0.311 e. The smallest absolute Gasteiger partial charge is 0.252 e. The quantitative estimate of drug-likeness (QED) is 0.159. The first-order valence-electron chi connectivity index (χ1n) is 25.8. The molecule has 71 heavy (non-hydrogen) atoms. The van der Waals surface area contributed by atoms with Gasteiger partial charge in [-0.3, -0.25) is 0 Å². The predicted octanol–water partition coefficient (Wildman–Crippen LogP) is 16.5. The molecule has 0 saturated carbocycles. The molecule has 3 heterocycles. The highest BCUT2D eigenvalue weighted by Gasteiger charge is 2.55. The van der Waals surface area contributed by atoms with E-state index in [0.717, 1.165) is 0 Å². The summed E-state index contributed by atoms with van der Waals surface area (Å²) in [6.45, 7) is 28.0. The van der Waals surface area contributed by atoms with Crippen molar-refractivity contribution < 1.29 is 0 Å². The van der Waals surface area contributed by atoms with Crippen LogP contribution in [0.2, 0.25) is 0 Å². The molecule has 0 amide bonds. The first kappa shape index (κ1) is 44.3. The van der Waals surface area contributed by atoms with E-state index < -0.39 is 5.41 Å². The van der Waals surface area contributed by atoms with Crippen molar-refractivity contribution in [2.45, 2.75) is 110 Å². The second kappa shape index (κ2) is 14.7. The standard InChI is InChI=1S/C67H63BN2S/c1-63(2,3)40-25-30-44(31-26-40)69-55-35-42(65(7,8)9)29-34-53(55)68-54-39-52-49(38-56(54)70(45-32-27-41(28-33-45)64(4,5)6)58-37-43(66(10,11)12)36-57(69)61(58)68)62-60(48-21-15-18-24-59(48)71-62)67(52)50-22-16-13-19-46(50)47-20-14-17-23-51(47)67/h13-39H,1-12H3. The molecule has 350 valence electrons. The zero-order valence-electron chi connectivity index (χ0n) is 43.5. The Morgan fingerprint density at radius 3 is 1.39 bits per heavy atom. The highest BCUT2D eigenvalue weighted by atomic mass is 32.1. The summed E-state index contributed by atoms with van der Waals surface area (Å²) in [4.78, 5) is 6.66. The molecule has 0 radical (unpaired) electrons. The van der Waals surface area contributed by atoms with E-state index in [1.54, 1.807) is 0 Å². The Bertz CT molecular complexity index is 3650. The number of fused-ring (bicyclic) bond motifs is 16. The fraction of sp³-hybridized carbons (Fsp3) is 0.254. The Balaban J connectivity index is 1.18. The maximum atomic E-state index is 2.70. The van der Waals surface area contributed by atoms with Gasteiger partial charge in [-0.15, -0.1) is 11.3 Å². The van der Waals surface area contributed by atoms with Gasteiger partial charge in [0.25, 0.3) is 6.71 Å². The van der Waals surface area contributed by atoms with Gasteiger partial charge in [0.15, 0.2) is 0 Å². The van der Waals surface area contributed by atoms with Crippen LogP contribution in [0.3, 0.4) is 0 Å². The van der Waals surface area contributed by atoms with Gasteiger partial charge in [-0.1, -0.05) is 192 Å². The summed E-state index contributed by atoms with van der Waals surface area (Å²) < 4.78 is 1.34. The number of nitrogens with zero attached hydrogens (tertiary/aromatic N) is 2. The van der Waals surface area contributed by atoms with Crippen LogP contribution in [-0.2, 0) is 27.1 Å². The monoisotopic (exact) mass is 938 g/mol. The molecule has 1 aromatic heterocycles. The molecule has 4 heteroatoms. The number of hydrogen-bond acceptors (Lipinski definition) is 3. The van der Waals surface area contributed by atoms with Gasteiger partial charge in [-0.25, -0.2) is 0 Å². The lowest BCUT2D eigenvalue weighted by Gasteiger charge is -2.46. The molecule has 9 aromatic rings. The van der Waals surface area contributed by atoms with Crippen molar-refractivity contribution in [2.24, 2.45) is 0 Å². The molecule has 0 fully saturated rings. The van der Waals surface area contributed by atoms with E-state index in [-0.39, 0.29) is 28.4 Å². The molecular formula is C67H63BN2S. The van der Waals surface area contributed by atoms with Gasteiger partial charge >= 0.3 is 0 Å². The van der Waals surface area contributed by atoms with Crippen molar-refractivity contribution in [3.05, 3.63) is 208 Å². The van der Waals surface area contributed by atoms with E-state index in [2.05, 4.69) is 257 Å². The van der Waals surface area contributed by atoms with Crippen molar-refractivity contribution in [3.8, 4) is 21.6 Å². The van der Waals surface area contributed by atoms with E-state index in [4.69, 9.17) is 0 Å². The number of rotatable bonds is 2. The number of anilines is 6. The maximum absolute atomic E-state index is 2.70. The van der Waals surface area contributed by atoms with Crippen LogP contribution in [0, 0.1) is 0 Å². The number of benzene rings is 8. The van der Waals surface area contributed by atoms with Crippen LogP contribution >= 0.6 is 11.3 Å². The van der Waals surface area contributed by atoms with E-state index in [9.17, 15) is 0 Å². The Morgan fingerprint density at radius 1 is 0.394 bits per heavy atom. The number of hydrogen-bond donors (Lipinski definition) is 0. The van der Waals surface area contributed by atoms with Crippen molar-refractivity contribution in [3.63, 3.8) is 0 Å². The summed E-state index contributed by atoms with van der Waals surface area (Å²) in [5.74, 6) is 0. The van der Waals surface area contributed by atoms with Gasteiger partial charge in [0.1, 0.15) is 0 Å². The summed E-state index contributed by atoms with van der Waals surface area (Å²) in [7, 11) is 0. The van der Waals surface area contributed by atoms with Crippen molar-refractivity contribution in [1.82, 2.24) is 0 Å². The van der Waals surface area contributed by atoms with E-state index in [1.807, 2.05) is 11.3 Å². The zero-order valence-corrected chi connectivity index (χ0v) is 44.3. The Kier molecular flexibility index (Phi) is 9.20. The van der Waals surface area contributed by atoms with Crippen LogP contribution in [0.25, 0.3) is 31.7 Å². The lowest BCUT2D eigenvalue weighted by molar-refractivity contribution is 0.589. The SMILES string of the molecule is CC(C)(C)c1ccc(N2c3cc(C(C)(C)C)ccc3B3c4cc5c(cc4N(c4ccc(C(C)(C)C)cc4)c4cc(C(C)(C)C)cc2c43)-c2sc3ccccc3c2C52c3ccccc3-c3ccccc32)cc1. The molecule has 1 spiro atoms. The Hall–Kier alpha value is -6.62. The van der Waals surface area contributed by atoms with Gasteiger partial charge < -0.3 is 9.80 Å². The average Bonchev–Trinajstić information content (AvgIpc) is 3.95. The third-order valence-corrected chi connectivity index (χ3v) is 17.7. The Labute approximate surface area is 426 Å². The lowest BCUT2D eigenvalue weighted by Crippen LogP contribution is -2.61. The summed E-state index contributed by atoms with van der Waals surface area (Å²) in [6, 6.07) is 64.6. The van der Waals surface area contributed by atoms with Crippen LogP contribution in [0.1, 0.15) is 128 Å². The molecule has 2 aliphatic heterocycles.